The zero-order chi connectivity index (χ0) is 26.0. The number of nitrogens with one attached hydrogen (secondary N) is 1. The van der Waals surface area contributed by atoms with Gasteiger partial charge in [0.25, 0.3) is 0 Å². The monoisotopic (exact) mass is 526 g/mol. The van der Waals surface area contributed by atoms with Gasteiger partial charge < -0.3 is 25.1 Å². The first-order valence-corrected chi connectivity index (χ1v) is 13.9. The third kappa shape index (κ3) is 7.18. The molecule has 8 heteroatoms. The number of benzene rings is 2. The van der Waals surface area contributed by atoms with Crippen LogP contribution in [0, 0.1) is 0 Å². The van der Waals surface area contributed by atoms with Crippen LogP contribution in [0.5, 0.6) is 5.75 Å². The van der Waals surface area contributed by atoms with E-state index in [2.05, 4.69) is 58.1 Å². The van der Waals surface area contributed by atoms with Crippen molar-refractivity contribution in [1.82, 2.24) is 14.8 Å². The van der Waals surface area contributed by atoms with Crippen molar-refractivity contribution in [3.63, 3.8) is 0 Å². The van der Waals surface area contributed by atoms with E-state index in [-0.39, 0.29) is 5.91 Å². The molecule has 0 bridgehead atoms. The van der Waals surface area contributed by atoms with Gasteiger partial charge in [0.2, 0.25) is 5.91 Å². The summed E-state index contributed by atoms with van der Waals surface area (Å²) in [5.74, 6) is 1.37. The lowest BCUT2D eigenvalue weighted by Crippen LogP contribution is -2.37. The van der Waals surface area contributed by atoms with Gasteiger partial charge in [0.1, 0.15) is 5.75 Å². The molecule has 0 radical (unpaired) electrons. The standard InChI is InChI=1S/C29H39ClN4O3/c1-2-34-26-21-24(37-18-4-15-33-16-19-36-20-17-33)11-12-25(26)28(31)29(34)23-9-7-22(8-10-23)5-3-6-27(35)32-14-13-30/h7-12,21H,2-6,13-20,31H2,1H3,(H,32,35). The van der Waals surface area contributed by atoms with E-state index < -0.39 is 0 Å². The molecule has 0 aliphatic carbocycles. The van der Waals surface area contributed by atoms with E-state index in [9.17, 15) is 4.79 Å². The minimum atomic E-state index is 0.0537. The summed E-state index contributed by atoms with van der Waals surface area (Å²) >= 11 is 5.62. The molecule has 0 unspecified atom stereocenters. The highest BCUT2D eigenvalue weighted by Gasteiger charge is 2.17. The average Bonchev–Trinajstić information content (AvgIpc) is 3.21. The van der Waals surface area contributed by atoms with Crippen LogP contribution in [0.25, 0.3) is 22.2 Å². The summed E-state index contributed by atoms with van der Waals surface area (Å²) in [4.78, 5) is 14.2. The maximum absolute atomic E-state index is 11.8. The zero-order valence-electron chi connectivity index (χ0n) is 21.8. The molecule has 0 spiro atoms. The van der Waals surface area contributed by atoms with E-state index in [0.29, 0.717) is 25.5 Å². The number of ether oxygens (including phenoxy) is 2. The van der Waals surface area contributed by atoms with Crippen LogP contribution in [-0.4, -0.2) is 67.3 Å². The van der Waals surface area contributed by atoms with Gasteiger partial charge in [-0.2, -0.15) is 0 Å². The number of aromatic nitrogens is 1. The summed E-state index contributed by atoms with van der Waals surface area (Å²) in [7, 11) is 0. The Balaban J connectivity index is 1.40. The molecular weight excluding hydrogens is 488 g/mol. The Morgan fingerprint density at radius 1 is 1.14 bits per heavy atom. The summed E-state index contributed by atoms with van der Waals surface area (Å²) in [6.07, 6.45) is 3.16. The third-order valence-electron chi connectivity index (χ3n) is 6.90. The number of anilines is 1. The fourth-order valence-corrected chi connectivity index (χ4v) is 5.04. The number of aryl methyl sites for hydroxylation is 2. The van der Waals surface area contributed by atoms with Gasteiger partial charge in [-0.1, -0.05) is 24.3 Å². The summed E-state index contributed by atoms with van der Waals surface area (Å²) in [6, 6.07) is 14.7. The van der Waals surface area contributed by atoms with Gasteiger partial charge >= 0.3 is 0 Å². The van der Waals surface area contributed by atoms with Crippen LogP contribution in [0.2, 0.25) is 0 Å². The molecule has 1 aliphatic heterocycles. The zero-order valence-corrected chi connectivity index (χ0v) is 22.6. The highest BCUT2D eigenvalue weighted by atomic mass is 35.5. The van der Waals surface area contributed by atoms with Crippen LogP contribution in [0.15, 0.2) is 42.5 Å². The lowest BCUT2D eigenvalue weighted by Gasteiger charge is -2.26. The number of nitrogen functional groups attached to an aromatic ring is 1. The lowest BCUT2D eigenvalue weighted by molar-refractivity contribution is -0.121. The number of morpholine rings is 1. The number of alkyl halides is 1. The smallest absolute Gasteiger partial charge is 0.220 e. The SMILES string of the molecule is CCn1c(-c2ccc(CCCC(=O)NCCCl)cc2)c(N)c2ccc(OCCCN3CCOCC3)cc21. The first-order chi connectivity index (χ1) is 18.1. The topological polar surface area (TPSA) is 81.8 Å². The predicted octanol–water partition coefficient (Wildman–Crippen LogP) is 4.69. The molecule has 2 aromatic carbocycles. The molecule has 1 aliphatic rings. The molecule has 1 saturated heterocycles. The van der Waals surface area contributed by atoms with Crippen LogP contribution >= 0.6 is 11.6 Å². The van der Waals surface area contributed by atoms with E-state index in [1.54, 1.807) is 0 Å². The Labute approximate surface area is 224 Å². The number of halogens is 1. The van der Waals surface area contributed by atoms with Gasteiger partial charge in [-0.25, -0.2) is 0 Å². The maximum atomic E-state index is 11.8. The van der Waals surface area contributed by atoms with E-state index >= 15 is 0 Å². The molecule has 7 nitrogen and oxygen atoms in total. The fraction of sp³-hybridized carbons (Fsp3) is 0.483. The Hall–Kier alpha value is -2.74. The van der Waals surface area contributed by atoms with Crippen molar-refractivity contribution in [2.45, 2.75) is 39.2 Å². The number of amides is 1. The second-order valence-electron chi connectivity index (χ2n) is 9.43. The minimum Gasteiger partial charge on any atom is -0.493 e. The number of nitrogens with zero attached hydrogens (tertiary/aromatic N) is 2. The summed E-state index contributed by atoms with van der Waals surface area (Å²) < 4.78 is 13.8. The molecule has 0 saturated carbocycles. The van der Waals surface area contributed by atoms with Crippen molar-refractivity contribution in [2.75, 3.05) is 57.6 Å². The van der Waals surface area contributed by atoms with Gasteiger partial charge in [0.15, 0.2) is 0 Å². The summed E-state index contributed by atoms with van der Waals surface area (Å²) in [6.45, 7) is 8.85. The molecule has 0 atom stereocenters. The highest BCUT2D eigenvalue weighted by molar-refractivity contribution is 6.18. The van der Waals surface area contributed by atoms with Crippen molar-refractivity contribution in [3.05, 3.63) is 48.0 Å². The maximum Gasteiger partial charge on any atom is 0.220 e. The van der Waals surface area contributed by atoms with Gasteiger partial charge in [-0.15, -0.1) is 11.6 Å². The molecule has 4 rings (SSSR count). The average molecular weight is 527 g/mol. The van der Waals surface area contributed by atoms with Gasteiger partial charge in [-0.05, 0) is 43.9 Å². The number of carbonyl (C=O) groups is 1. The second kappa shape index (κ2) is 13.7. The quantitative estimate of drug-likeness (QED) is 0.249. The first kappa shape index (κ1) is 27.3. The Bertz CT molecular complexity index is 1160. The van der Waals surface area contributed by atoms with Crippen LogP contribution < -0.4 is 15.8 Å². The van der Waals surface area contributed by atoms with Crippen LogP contribution in [-0.2, 0) is 22.5 Å². The molecule has 1 fully saturated rings. The van der Waals surface area contributed by atoms with Crippen molar-refractivity contribution >= 4 is 34.1 Å². The van der Waals surface area contributed by atoms with Crippen LogP contribution in [0.1, 0.15) is 31.7 Å². The Morgan fingerprint density at radius 3 is 2.65 bits per heavy atom. The van der Waals surface area contributed by atoms with E-state index in [4.69, 9.17) is 26.8 Å². The molecule has 1 amide bonds. The van der Waals surface area contributed by atoms with E-state index in [1.807, 2.05) is 6.07 Å². The Morgan fingerprint density at radius 2 is 1.92 bits per heavy atom. The van der Waals surface area contributed by atoms with Gasteiger partial charge in [-0.3, -0.25) is 9.69 Å². The first-order valence-electron chi connectivity index (χ1n) is 13.4. The number of hydrogen-bond acceptors (Lipinski definition) is 5. The van der Waals surface area contributed by atoms with Crippen molar-refractivity contribution in [2.24, 2.45) is 0 Å². The molecule has 3 aromatic rings. The molecule has 2 heterocycles. The summed E-state index contributed by atoms with van der Waals surface area (Å²) in [5.41, 5.74) is 11.9. The molecule has 200 valence electrons. The van der Waals surface area contributed by atoms with E-state index in [0.717, 1.165) is 92.3 Å². The second-order valence-corrected chi connectivity index (χ2v) is 9.81. The Kier molecular flexibility index (Phi) is 10.1. The highest BCUT2D eigenvalue weighted by Crippen LogP contribution is 2.37. The molecule has 37 heavy (non-hydrogen) atoms. The van der Waals surface area contributed by atoms with Crippen molar-refractivity contribution < 1.29 is 14.3 Å². The largest absolute Gasteiger partial charge is 0.493 e. The lowest BCUT2D eigenvalue weighted by atomic mass is 10.0. The predicted molar refractivity (Wildman–Crippen MR) is 151 cm³/mol. The number of rotatable bonds is 13. The van der Waals surface area contributed by atoms with E-state index in [1.165, 1.54) is 5.56 Å². The number of nitrogens with two attached hydrogens (primary N) is 1. The molecule has 1 aromatic heterocycles. The number of fused-ring (bicyclic) bond motifs is 1. The minimum absolute atomic E-state index is 0.0537. The van der Waals surface area contributed by atoms with Crippen molar-refractivity contribution in [1.29, 1.82) is 0 Å². The van der Waals surface area contributed by atoms with Gasteiger partial charge in [0, 0.05) is 62.0 Å². The number of hydrogen-bond donors (Lipinski definition) is 2. The molecule has 3 N–H and O–H groups in total. The number of carbonyl (C=O) groups excluding carboxylic acids is 1. The molecular formula is C29H39ClN4O3. The third-order valence-corrected chi connectivity index (χ3v) is 7.08. The van der Waals surface area contributed by atoms with Gasteiger partial charge in [0.05, 0.1) is 36.7 Å². The van der Waals surface area contributed by atoms with Crippen LogP contribution in [0.4, 0.5) is 5.69 Å². The van der Waals surface area contributed by atoms with Crippen LogP contribution in [0.3, 0.4) is 0 Å². The normalized spacial score (nSPS) is 14.2. The van der Waals surface area contributed by atoms with Crippen molar-refractivity contribution in [3.8, 4) is 17.0 Å². The summed E-state index contributed by atoms with van der Waals surface area (Å²) in [5, 5.41) is 3.86. The fourth-order valence-electron chi connectivity index (χ4n) is 4.95.